The van der Waals surface area contributed by atoms with Gasteiger partial charge >= 0.3 is 0 Å². The Morgan fingerprint density at radius 1 is 1.21 bits per heavy atom. The van der Waals surface area contributed by atoms with Gasteiger partial charge in [-0.05, 0) is 24.6 Å². The largest absolute Gasteiger partial charge is 0.497 e. The topological polar surface area (TPSA) is 65.7 Å². The second kappa shape index (κ2) is 7.99. The first-order chi connectivity index (χ1) is 9.21. The van der Waals surface area contributed by atoms with E-state index in [0.717, 1.165) is 29.9 Å². The van der Waals surface area contributed by atoms with E-state index in [1.807, 2.05) is 18.2 Å². The first-order valence-electron chi connectivity index (χ1n) is 6.42. The third-order valence-electron chi connectivity index (χ3n) is 3.20. The zero-order chi connectivity index (χ0) is 14.3. The molecule has 5 heteroatoms. The number of ether oxygens (including phenoxy) is 3. The summed E-state index contributed by atoms with van der Waals surface area (Å²) in [6.45, 7) is 2.11. The van der Waals surface area contributed by atoms with Crippen molar-refractivity contribution in [1.82, 2.24) is 5.43 Å². The summed E-state index contributed by atoms with van der Waals surface area (Å²) < 4.78 is 16.2. The van der Waals surface area contributed by atoms with Crippen LogP contribution in [0.1, 0.15) is 31.4 Å². The van der Waals surface area contributed by atoms with Crippen LogP contribution in [0.15, 0.2) is 18.2 Å². The Morgan fingerprint density at radius 3 is 2.42 bits per heavy atom. The molecule has 1 aromatic carbocycles. The summed E-state index contributed by atoms with van der Waals surface area (Å²) in [5.41, 5.74) is 3.75. The lowest BCUT2D eigenvalue weighted by Gasteiger charge is -2.27. The number of benzene rings is 1. The number of hydrazine groups is 1. The molecule has 0 amide bonds. The molecule has 0 radical (unpaired) electrons. The second-order valence-corrected chi connectivity index (χ2v) is 4.32. The quantitative estimate of drug-likeness (QED) is 0.558. The van der Waals surface area contributed by atoms with E-state index < -0.39 is 0 Å². The van der Waals surface area contributed by atoms with E-state index in [2.05, 4.69) is 12.3 Å². The van der Waals surface area contributed by atoms with E-state index in [-0.39, 0.29) is 12.1 Å². The predicted octanol–water partition coefficient (Wildman–Crippen LogP) is 2.02. The highest BCUT2D eigenvalue weighted by Crippen LogP contribution is 2.32. The van der Waals surface area contributed by atoms with Crippen LogP contribution in [0.25, 0.3) is 0 Å². The van der Waals surface area contributed by atoms with E-state index in [1.54, 1.807) is 21.3 Å². The molecular weight excluding hydrogens is 244 g/mol. The highest BCUT2D eigenvalue weighted by molar-refractivity contribution is 5.42. The maximum atomic E-state index is 5.70. The Hall–Kier alpha value is -1.30. The maximum absolute atomic E-state index is 5.70. The molecule has 1 aromatic rings. The van der Waals surface area contributed by atoms with Gasteiger partial charge in [0.05, 0.1) is 26.4 Å². The Labute approximate surface area is 115 Å². The molecule has 108 valence electrons. The summed E-state index contributed by atoms with van der Waals surface area (Å²) in [6, 6.07) is 5.51. The zero-order valence-corrected chi connectivity index (χ0v) is 12.1. The van der Waals surface area contributed by atoms with Gasteiger partial charge in [0.25, 0.3) is 0 Å². The van der Waals surface area contributed by atoms with Crippen molar-refractivity contribution >= 4 is 0 Å². The number of nitrogens with one attached hydrogen (secondary N) is 1. The standard InChI is InChI=1S/C14H24N2O3/c1-5-6-13(19-4)14(16-15)11-9-10(17-2)7-8-12(11)18-3/h7-9,13-14,16H,5-6,15H2,1-4H3. The minimum absolute atomic E-state index is 0.0176. The minimum atomic E-state index is -0.144. The molecule has 0 saturated carbocycles. The van der Waals surface area contributed by atoms with Crippen LogP contribution in [-0.4, -0.2) is 27.4 Å². The molecule has 2 unspecified atom stereocenters. The summed E-state index contributed by atoms with van der Waals surface area (Å²) in [5.74, 6) is 7.23. The van der Waals surface area contributed by atoms with E-state index in [1.165, 1.54) is 0 Å². The molecule has 5 nitrogen and oxygen atoms in total. The number of hydrogen-bond donors (Lipinski definition) is 2. The molecule has 0 spiro atoms. The third-order valence-corrected chi connectivity index (χ3v) is 3.20. The second-order valence-electron chi connectivity index (χ2n) is 4.32. The highest BCUT2D eigenvalue weighted by Gasteiger charge is 2.24. The molecule has 3 N–H and O–H groups in total. The summed E-state index contributed by atoms with van der Waals surface area (Å²) in [7, 11) is 4.97. The van der Waals surface area contributed by atoms with Crippen molar-refractivity contribution in [3.05, 3.63) is 23.8 Å². The van der Waals surface area contributed by atoms with Crippen LogP contribution in [0.3, 0.4) is 0 Å². The van der Waals surface area contributed by atoms with Gasteiger partial charge in [-0.3, -0.25) is 11.3 Å². The smallest absolute Gasteiger partial charge is 0.124 e. The number of hydrogen-bond acceptors (Lipinski definition) is 5. The van der Waals surface area contributed by atoms with Gasteiger partial charge in [-0.15, -0.1) is 0 Å². The lowest BCUT2D eigenvalue weighted by atomic mass is 9.97. The van der Waals surface area contributed by atoms with E-state index >= 15 is 0 Å². The first kappa shape index (κ1) is 15.8. The fraction of sp³-hybridized carbons (Fsp3) is 0.571. The van der Waals surface area contributed by atoms with Crippen LogP contribution in [0.2, 0.25) is 0 Å². The maximum Gasteiger partial charge on any atom is 0.124 e. The van der Waals surface area contributed by atoms with Gasteiger partial charge in [0.1, 0.15) is 11.5 Å². The van der Waals surface area contributed by atoms with Crippen molar-refractivity contribution < 1.29 is 14.2 Å². The van der Waals surface area contributed by atoms with Crippen molar-refractivity contribution in [2.45, 2.75) is 31.9 Å². The van der Waals surface area contributed by atoms with Gasteiger partial charge in [-0.1, -0.05) is 13.3 Å². The van der Waals surface area contributed by atoms with Crippen LogP contribution >= 0.6 is 0 Å². The minimum Gasteiger partial charge on any atom is -0.497 e. The van der Waals surface area contributed by atoms with Gasteiger partial charge in [-0.2, -0.15) is 0 Å². The highest BCUT2D eigenvalue weighted by atomic mass is 16.5. The van der Waals surface area contributed by atoms with Gasteiger partial charge < -0.3 is 14.2 Å². The number of methoxy groups -OCH3 is 3. The molecular formula is C14H24N2O3. The monoisotopic (exact) mass is 268 g/mol. The molecule has 0 heterocycles. The molecule has 0 aliphatic rings. The Bertz CT molecular complexity index is 385. The summed E-state index contributed by atoms with van der Waals surface area (Å²) in [4.78, 5) is 0. The molecule has 0 fully saturated rings. The molecule has 0 aliphatic carbocycles. The Balaban J connectivity index is 3.13. The molecule has 0 aliphatic heterocycles. The van der Waals surface area contributed by atoms with Crippen LogP contribution in [-0.2, 0) is 4.74 Å². The van der Waals surface area contributed by atoms with Crippen LogP contribution in [0, 0.1) is 0 Å². The zero-order valence-electron chi connectivity index (χ0n) is 12.1. The van der Waals surface area contributed by atoms with Crippen molar-refractivity contribution in [1.29, 1.82) is 0 Å². The predicted molar refractivity (Wildman–Crippen MR) is 75.3 cm³/mol. The Kier molecular flexibility index (Phi) is 6.62. The fourth-order valence-electron chi connectivity index (χ4n) is 2.18. The van der Waals surface area contributed by atoms with Crippen molar-refractivity contribution in [3.63, 3.8) is 0 Å². The van der Waals surface area contributed by atoms with Gasteiger partial charge in [-0.25, -0.2) is 0 Å². The third kappa shape index (κ3) is 3.83. The van der Waals surface area contributed by atoms with Gasteiger partial charge in [0, 0.05) is 12.7 Å². The normalized spacial score (nSPS) is 13.9. The number of nitrogens with two attached hydrogens (primary N) is 1. The van der Waals surface area contributed by atoms with Gasteiger partial charge in [0.2, 0.25) is 0 Å². The summed E-state index contributed by atoms with van der Waals surface area (Å²) >= 11 is 0. The van der Waals surface area contributed by atoms with Crippen LogP contribution in [0.4, 0.5) is 0 Å². The van der Waals surface area contributed by atoms with Crippen molar-refractivity contribution in [3.8, 4) is 11.5 Å². The fourth-order valence-corrected chi connectivity index (χ4v) is 2.18. The molecule has 0 aromatic heterocycles. The summed E-state index contributed by atoms with van der Waals surface area (Å²) in [5, 5.41) is 0. The molecule has 0 bridgehead atoms. The van der Waals surface area contributed by atoms with E-state index in [4.69, 9.17) is 20.1 Å². The van der Waals surface area contributed by atoms with Crippen LogP contribution in [0.5, 0.6) is 11.5 Å². The molecule has 2 atom stereocenters. The average molecular weight is 268 g/mol. The average Bonchev–Trinajstić information content (AvgIpc) is 2.46. The Morgan fingerprint density at radius 2 is 1.95 bits per heavy atom. The lowest BCUT2D eigenvalue weighted by molar-refractivity contribution is 0.0597. The summed E-state index contributed by atoms with van der Waals surface area (Å²) in [6.07, 6.45) is 1.91. The first-order valence-corrected chi connectivity index (χ1v) is 6.42. The van der Waals surface area contributed by atoms with E-state index in [0.29, 0.717) is 0 Å². The van der Waals surface area contributed by atoms with Crippen molar-refractivity contribution in [2.75, 3.05) is 21.3 Å². The molecule has 1 rings (SSSR count). The SMILES string of the molecule is CCCC(OC)C(NN)c1cc(OC)ccc1OC. The van der Waals surface area contributed by atoms with Crippen molar-refractivity contribution in [2.24, 2.45) is 5.84 Å². The lowest BCUT2D eigenvalue weighted by Crippen LogP contribution is -2.37. The van der Waals surface area contributed by atoms with Crippen LogP contribution < -0.4 is 20.7 Å². The molecule has 0 saturated heterocycles. The number of rotatable bonds is 8. The van der Waals surface area contributed by atoms with E-state index in [9.17, 15) is 0 Å². The molecule has 19 heavy (non-hydrogen) atoms. The van der Waals surface area contributed by atoms with Gasteiger partial charge in [0.15, 0.2) is 0 Å².